The van der Waals surface area contributed by atoms with Crippen LogP contribution in [0.25, 0.3) is 0 Å². The van der Waals surface area contributed by atoms with Gasteiger partial charge in [0, 0.05) is 0 Å². The number of carbonyl (C=O) groups excluding carboxylic acids is 1. The molecule has 2 nitrogen and oxygen atoms in total. The summed E-state index contributed by atoms with van der Waals surface area (Å²) in [6.07, 6.45) is 3.46. The van der Waals surface area contributed by atoms with Crippen LogP contribution in [-0.4, -0.2) is 12.6 Å². The largest absolute Gasteiger partial charge is 0.234 e. The Kier molecular flexibility index (Phi) is 4.09. The number of isocyanates is 1. The Morgan fingerprint density at radius 1 is 1.36 bits per heavy atom. The van der Waals surface area contributed by atoms with E-state index < -0.39 is 0 Å². The van der Waals surface area contributed by atoms with Crippen molar-refractivity contribution in [3.8, 4) is 0 Å². The fourth-order valence-electron chi connectivity index (χ4n) is 1.46. The zero-order chi connectivity index (χ0) is 10.4. The molecule has 14 heavy (non-hydrogen) atoms. The lowest BCUT2D eigenvalue weighted by molar-refractivity contribution is 0.562. The summed E-state index contributed by atoms with van der Waals surface area (Å²) in [6, 6.07) is 6.44. The molecule has 0 atom stereocenters. The molecule has 0 aliphatic heterocycles. The number of aliphatic imine (C=N–C) groups is 1. The first-order chi connectivity index (χ1) is 6.74. The molecule has 0 unspecified atom stereocenters. The van der Waals surface area contributed by atoms with Gasteiger partial charge in [-0.15, -0.1) is 0 Å². The van der Waals surface area contributed by atoms with Crippen LogP contribution in [0.2, 0.25) is 0 Å². The van der Waals surface area contributed by atoms with E-state index in [2.05, 4.69) is 37.0 Å². The molecule has 2 heteroatoms. The van der Waals surface area contributed by atoms with Crippen LogP contribution in [0.3, 0.4) is 0 Å². The average Bonchev–Trinajstić information content (AvgIpc) is 2.18. The molecule has 0 bridgehead atoms. The predicted octanol–water partition coefficient (Wildman–Crippen LogP) is 2.57. The molecule has 1 aromatic rings. The number of hydrogen-bond donors (Lipinski definition) is 0. The fourth-order valence-corrected chi connectivity index (χ4v) is 1.46. The number of benzene rings is 1. The summed E-state index contributed by atoms with van der Waals surface area (Å²) >= 11 is 0. The summed E-state index contributed by atoms with van der Waals surface area (Å²) in [5, 5.41) is 0. The zero-order valence-corrected chi connectivity index (χ0v) is 8.71. The molecule has 0 aliphatic rings. The van der Waals surface area contributed by atoms with E-state index in [0.717, 1.165) is 12.8 Å². The summed E-state index contributed by atoms with van der Waals surface area (Å²) in [5.74, 6) is 0. The van der Waals surface area contributed by atoms with Gasteiger partial charge in [-0.3, -0.25) is 0 Å². The molecule has 1 rings (SSSR count). The van der Waals surface area contributed by atoms with Gasteiger partial charge in [0.15, 0.2) is 0 Å². The molecule has 74 valence electrons. The Morgan fingerprint density at radius 3 is 2.86 bits per heavy atom. The SMILES string of the molecule is Cc1ccc(C)c(CCCN=C=O)c1. The molecule has 0 aromatic heterocycles. The maximum atomic E-state index is 9.85. The molecule has 0 spiro atoms. The highest BCUT2D eigenvalue weighted by Crippen LogP contribution is 2.12. The van der Waals surface area contributed by atoms with Crippen molar-refractivity contribution in [1.82, 2.24) is 0 Å². The van der Waals surface area contributed by atoms with Gasteiger partial charge in [0.1, 0.15) is 0 Å². The van der Waals surface area contributed by atoms with Gasteiger partial charge < -0.3 is 0 Å². The van der Waals surface area contributed by atoms with Crippen LogP contribution in [0.4, 0.5) is 0 Å². The van der Waals surface area contributed by atoms with E-state index in [1.165, 1.54) is 16.7 Å². The van der Waals surface area contributed by atoms with Gasteiger partial charge in [-0.05, 0) is 37.8 Å². The Bertz CT molecular complexity index is 351. The van der Waals surface area contributed by atoms with Crippen molar-refractivity contribution in [3.05, 3.63) is 34.9 Å². The summed E-state index contributed by atoms with van der Waals surface area (Å²) in [5.41, 5.74) is 3.95. The van der Waals surface area contributed by atoms with E-state index in [-0.39, 0.29) is 0 Å². The van der Waals surface area contributed by atoms with Crippen molar-refractivity contribution >= 4 is 6.08 Å². The molecular formula is C12H15NO. The maximum absolute atomic E-state index is 9.85. The van der Waals surface area contributed by atoms with Crippen molar-refractivity contribution in [2.75, 3.05) is 6.54 Å². The van der Waals surface area contributed by atoms with Gasteiger partial charge in [-0.2, -0.15) is 0 Å². The summed E-state index contributed by atoms with van der Waals surface area (Å²) in [6.45, 7) is 4.78. The van der Waals surface area contributed by atoms with Gasteiger partial charge in [0.25, 0.3) is 0 Å². The standard InChI is InChI=1S/C12H15NO/c1-10-5-6-11(2)12(8-10)4-3-7-13-9-14/h5-6,8H,3-4,7H2,1-2H3. The third kappa shape index (κ3) is 3.15. The van der Waals surface area contributed by atoms with E-state index in [1.54, 1.807) is 6.08 Å². The van der Waals surface area contributed by atoms with Gasteiger partial charge >= 0.3 is 0 Å². The quantitative estimate of drug-likeness (QED) is 0.406. The van der Waals surface area contributed by atoms with Crippen LogP contribution < -0.4 is 0 Å². The van der Waals surface area contributed by atoms with Crippen LogP contribution >= 0.6 is 0 Å². The highest BCUT2D eigenvalue weighted by molar-refractivity contribution is 5.33. The fraction of sp³-hybridized carbons (Fsp3) is 0.417. The second kappa shape index (κ2) is 5.36. The molecule has 0 N–H and O–H groups in total. The van der Waals surface area contributed by atoms with E-state index in [4.69, 9.17) is 0 Å². The molecule has 0 saturated heterocycles. The lowest BCUT2D eigenvalue weighted by Gasteiger charge is -2.05. The molecule has 0 amide bonds. The minimum atomic E-state index is 0.580. The number of nitrogens with zero attached hydrogens (tertiary/aromatic N) is 1. The van der Waals surface area contributed by atoms with Crippen LogP contribution in [0.5, 0.6) is 0 Å². The van der Waals surface area contributed by atoms with Gasteiger partial charge in [-0.25, -0.2) is 9.79 Å². The smallest absolute Gasteiger partial charge is 0.211 e. The Morgan fingerprint density at radius 2 is 2.14 bits per heavy atom. The Hall–Kier alpha value is -1.40. The van der Waals surface area contributed by atoms with Crippen molar-refractivity contribution in [2.24, 2.45) is 4.99 Å². The first-order valence-corrected chi connectivity index (χ1v) is 4.84. The molecule has 0 saturated carbocycles. The van der Waals surface area contributed by atoms with Gasteiger partial charge in [0.05, 0.1) is 6.54 Å². The van der Waals surface area contributed by atoms with E-state index in [0.29, 0.717) is 6.54 Å². The molecule has 0 fully saturated rings. The summed E-state index contributed by atoms with van der Waals surface area (Å²) in [4.78, 5) is 13.4. The minimum Gasteiger partial charge on any atom is -0.211 e. The second-order valence-corrected chi connectivity index (χ2v) is 3.51. The van der Waals surface area contributed by atoms with Crippen LogP contribution in [0.1, 0.15) is 23.1 Å². The van der Waals surface area contributed by atoms with Gasteiger partial charge in [0.2, 0.25) is 6.08 Å². The lowest BCUT2D eigenvalue weighted by Crippen LogP contribution is -1.92. The van der Waals surface area contributed by atoms with Crippen molar-refractivity contribution in [3.63, 3.8) is 0 Å². The third-order valence-corrected chi connectivity index (χ3v) is 2.29. The van der Waals surface area contributed by atoms with Crippen molar-refractivity contribution in [1.29, 1.82) is 0 Å². The number of hydrogen-bond acceptors (Lipinski definition) is 2. The maximum Gasteiger partial charge on any atom is 0.234 e. The first kappa shape index (κ1) is 10.7. The lowest BCUT2D eigenvalue weighted by atomic mass is 10.0. The normalized spacial score (nSPS) is 9.57. The molecule has 0 heterocycles. The average molecular weight is 189 g/mol. The zero-order valence-electron chi connectivity index (χ0n) is 8.71. The third-order valence-electron chi connectivity index (χ3n) is 2.29. The highest BCUT2D eigenvalue weighted by atomic mass is 16.1. The van der Waals surface area contributed by atoms with E-state index >= 15 is 0 Å². The Labute approximate surface area is 84.7 Å². The Balaban J connectivity index is 2.57. The van der Waals surface area contributed by atoms with Crippen molar-refractivity contribution < 1.29 is 4.79 Å². The van der Waals surface area contributed by atoms with Crippen molar-refractivity contribution in [2.45, 2.75) is 26.7 Å². The van der Waals surface area contributed by atoms with Crippen LogP contribution in [-0.2, 0) is 11.2 Å². The number of aryl methyl sites for hydroxylation is 3. The van der Waals surface area contributed by atoms with Gasteiger partial charge in [-0.1, -0.05) is 23.8 Å². The van der Waals surface area contributed by atoms with E-state index in [9.17, 15) is 4.79 Å². The van der Waals surface area contributed by atoms with E-state index in [1.807, 2.05) is 0 Å². The molecule has 0 radical (unpaired) electrons. The highest BCUT2D eigenvalue weighted by Gasteiger charge is 1.97. The molecular weight excluding hydrogens is 174 g/mol. The topological polar surface area (TPSA) is 29.4 Å². The first-order valence-electron chi connectivity index (χ1n) is 4.84. The van der Waals surface area contributed by atoms with Crippen LogP contribution in [0.15, 0.2) is 23.2 Å². The predicted molar refractivity (Wildman–Crippen MR) is 57.2 cm³/mol. The second-order valence-electron chi connectivity index (χ2n) is 3.51. The number of rotatable bonds is 4. The summed E-state index contributed by atoms with van der Waals surface area (Å²) in [7, 11) is 0. The molecule has 1 aromatic carbocycles. The molecule has 0 aliphatic carbocycles. The summed E-state index contributed by atoms with van der Waals surface area (Å²) < 4.78 is 0. The monoisotopic (exact) mass is 189 g/mol. The minimum absolute atomic E-state index is 0.580. The van der Waals surface area contributed by atoms with Crippen LogP contribution in [0, 0.1) is 13.8 Å².